The monoisotopic (exact) mass is 343 g/mol. The van der Waals surface area contributed by atoms with Gasteiger partial charge in [0, 0.05) is 31.9 Å². The Balaban J connectivity index is 2.34. The predicted molar refractivity (Wildman–Crippen MR) is 82.4 cm³/mol. The fourth-order valence-electron chi connectivity index (χ4n) is 1.82. The van der Waals surface area contributed by atoms with E-state index in [1.54, 1.807) is 24.3 Å². The van der Waals surface area contributed by atoms with E-state index >= 15 is 0 Å². The van der Waals surface area contributed by atoms with Gasteiger partial charge in [0.15, 0.2) is 4.90 Å². The highest BCUT2D eigenvalue weighted by atomic mass is 35.5. The summed E-state index contributed by atoms with van der Waals surface area (Å²) in [7, 11) is -1.44. The highest BCUT2D eigenvalue weighted by Gasteiger charge is 2.21. The number of hydrogen-bond donors (Lipinski definition) is 1. The maximum atomic E-state index is 12.2. The molecule has 22 heavy (non-hydrogen) atoms. The van der Waals surface area contributed by atoms with Gasteiger partial charge in [0.05, 0.1) is 0 Å². The van der Waals surface area contributed by atoms with Crippen LogP contribution in [0.15, 0.2) is 44.9 Å². The zero-order chi connectivity index (χ0) is 16.5. The molecule has 0 aliphatic carbocycles. The highest BCUT2D eigenvalue weighted by Crippen LogP contribution is 2.10. The summed E-state index contributed by atoms with van der Waals surface area (Å²) < 4.78 is 28.6. The van der Waals surface area contributed by atoms with Crippen molar-refractivity contribution >= 4 is 21.6 Å². The molecular formula is C13H14ClN3O4S. The standard InChI is InChI=1S/C13H14ClN3O4S/c1-16-8-11(12(18)17(2)13(16)19)22(20,21)15-7-9-3-5-10(14)6-4-9/h3-6,8,15H,7H2,1-2H3. The largest absolute Gasteiger partial charge is 0.330 e. The second-order valence-electron chi connectivity index (χ2n) is 4.70. The van der Waals surface area contributed by atoms with Gasteiger partial charge in [0.25, 0.3) is 5.56 Å². The Hall–Kier alpha value is -1.90. The quantitative estimate of drug-likeness (QED) is 0.859. The highest BCUT2D eigenvalue weighted by molar-refractivity contribution is 7.89. The summed E-state index contributed by atoms with van der Waals surface area (Å²) in [4.78, 5) is 23.1. The zero-order valence-electron chi connectivity index (χ0n) is 11.9. The smallest absolute Gasteiger partial charge is 0.302 e. The van der Waals surface area contributed by atoms with Gasteiger partial charge in [0.1, 0.15) is 0 Å². The van der Waals surface area contributed by atoms with Crippen molar-refractivity contribution in [3.05, 3.63) is 61.9 Å². The third-order valence-electron chi connectivity index (χ3n) is 3.08. The molecule has 0 amide bonds. The molecule has 1 aromatic heterocycles. The molecule has 1 heterocycles. The molecule has 1 N–H and O–H groups in total. The van der Waals surface area contributed by atoms with Crippen LogP contribution >= 0.6 is 11.6 Å². The number of aryl methyl sites for hydroxylation is 1. The molecule has 0 aliphatic rings. The first-order chi connectivity index (χ1) is 10.2. The normalized spacial score (nSPS) is 11.6. The van der Waals surface area contributed by atoms with Gasteiger partial charge >= 0.3 is 5.69 Å². The maximum absolute atomic E-state index is 12.2. The number of sulfonamides is 1. The molecule has 9 heteroatoms. The Kier molecular flexibility index (Phi) is 4.55. The van der Waals surface area contributed by atoms with E-state index in [0.717, 1.165) is 15.3 Å². The van der Waals surface area contributed by atoms with Crippen molar-refractivity contribution in [2.24, 2.45) is 14.1 Å². The van der Waals surface area contributed by atoms with Crippen LogP contribution in [0.1, 0.15) is 5.56 Å². The van der Waals surface area contributed by atoms with Gasteiger partial charge in [0.2, 0.25) is 10.0 Å². The van der Waals surface area contributed by atoms with E-state index in [1.807, 2.05) is 0 Å². The predicted octanol–water partition coefficient (Wildman–Crippen LogP) is 0.216. The topological polar surface area (TPSA) is 90.2 Å². The van der Waals surface area contributed by atoms with E-state index in [1.165, 1.54) is 14.1 Å². The van der Waals surface area contributed by atoms with E-state index in [4.69, 9.17) is 11.6 Å². The van der Waals surface area contributed by atoms with Crippen LogP contribution in [0.2, 0.25) is 5.02 Å². The summed E-state index contributed by atoms with van der Waals surface area (Å²) in [6.45, 7) is 0.00545. The number of aromatic nitrogens is 2. The number of benzene rings is 1. The zero-order valence-corrected chi connectivity index (χ0v) is 13.5. The Morgan fingerprint density at radius 3 is 2.32 bits per heavy atom. The van der Waals surface area contributed by atoms with Crippen LogP contribution in [-0.4, -0.2) is 17.6 Å². The van der Waals surface area contributed by atoms with Crippen molar-refractivity contribution < 1.29 is 8.42 Å². The van der Waals surface area contributed by atoms with E-state index < -0.39 is 26.2 Å². The van der Waals surface area contributed by atoms with Crippen LogP contribution < -0.4 is 16.0 Å². The summed E-state index contributed by atoms with van der Waals surface area (Å²) in [6, 6.07) is 6.61. The Morgan fingerprint density at radius 2 is 1.73 bits per heavy atom. The Bertz CT molecular complexity index is 914. The van der Waals surface area contributed by atoms with E-state index in [0.29, 0.717) is 10.6 Å². The third-order valence-corrected chi connectivity index (χ3v) is 4.72. The van der Waals surface area contributed by atoms with Crippen molar-refractivity contribution in [2.45, 2.75) is 11.4 Å². The molecule has 0 fully saturated rings. The minimum Gasteiger partial charge on any atom is -0.302 e. The minimum atomic E-state index is -4.04. The lowest BCUT2D eigenvalue weighted by molar-refractivity contribution is 0.570. The van der Waals surface area contributed by atoms with E-state index in [9.17, 15) is 18.0 Å². The maximum Gasteiger partial charge on any atom is 0.330 e. The van der Waals surface area contributed by atoms with Crippen LogP contribution in [0.25, 0.3) is 0 Å². The fraction of sp³-hybridized carbons (Fsp3) is 0.231. The van der Waals surface area contributed by atoms with Crippen molar-refractivity contribution in [1.82, 2.24) is 13.9 Å². The summed E-state index contributed by atoms with van der Waals surface area (Å²) in [6.07, 6.45) is 1.01. The van der Waals surface area contributed by atoms with E-state index in [2.05, 4.69) is 4.72 Å². The average molecular weight is 344 g/mol. The van der Waals surface area contributed by atoms with Gasteiger partial charge in [-0.3, -0.25) is 9.36 Å². The molecule has 0 aliphatic heterocycles. The molecule has 0 saturated carbocycles. The number of halogens is 1. The van der Waals surface area contributed by atoms with Gasteiger partial charge < -0.3 is 4.57 Å². The molecule has 1 aromatic carbocycles. The second-order valence-corrected chi connectivity index (χ2v) is 6.87. The average Bonchev–Trinajstić information content (AvgIpc) is 2.48. The molecule has 0 unspecified atom stereocenters. The van der Waals surface area contributed by atoms with Gasteiger partial charge in [-0.15, -0.1) is 0 Å². The number of nitrogens with one attached hydrogen (secondary N) is 1. The summed E-state index contributed by atoms with van der Waals surface area (Å²) in [5, 5.41) is 0.540. The van der Waals surface area contributed by atoms with Crippen LogP contribution in [0.3, 0.4) is 0 Å². The molecule has 0 atom stereocenters. The molecule has 2 rings (SSSR count). The van der Waals surface area contributed by atoms with Crippen LogP contribution in [0, 0.1) is 0 Å². The first kappa shape index (κ1) is 16.5. The molecule has 0 saturated heterocycles. The number of rotatable bonds is 4. The molecule has 0 spiro atoms. The van der Waals surface area contributed by atoms with Crippen LogP contribution in [0.5, 0.6) is 0 Å². The summed E-state index contributed by atoms with van der Waals surface area (Å²) in [5.41, 5.74) is -0.775. The summed E-state index contributed by atoms with van der Waals surface area (Å²) >= 11 is 5.75. The SMILES string of the molecule is Cn1cc(S(=O)(=O)NCc2ccc(Cl)cc2)c(=O)n(C)c1=O. The molecule has 0 radical (unpaired) electrons. The molecule has 0 bridgehead atoms. The molecule has 118 valence electrons. The Morgan fingerprint density at radius 1 is 1.14 bits per heavy atom. The van der Waals surface area contributed by atoms with Crippen molar-refractivity contribution in [3.63, 3.8) is 0 Å². The number of hydrogen-bond acceptors (Lipinski definition) is 4. The van der Waals surface area contributed by atoms with Crippen LogP contribution in [-0.2, 0) is 30.7 Å². The lowest BCUT2D eigenvalue weighted by atomic mass is 10.2. The van der Waals surface area contributed by atoms with Crippen molar-refractivity contribution in [3.8, 4) is 0 Å². The molecular weight excluding hydrogens is 330 g/mol. The lowest BCUT2D eigenvalue weighted by Gasteiger charge is -2.09. The first-order valence-electron chi connectivity index (χ1n) is 6.23. The van der Waals surface area contributed by atoms with Gasteiger partial charge in [-0.25, -0.2) is 17.9 Å². The van der Waals surface area contributed by atoms with Crippen molar-refractivity contribution in [1.29, 1.82) is 0 Å². The van der Waals surface area contributed by atoms with Gasteiger partial charge in [-0.2, -0.15) is 0 Å². The first-order valence-corrected chi connectivity index (χ1v) is 8.09. The molecule has 7 nitrogen and oxygen atoms in total. The van der Waals surface area contributed by atoms with E-state index in [-0.39, 0.29) is 6.54 Å². The Labute approximate surface area is 131 Å². The lowest BCUT2D eigenvalue weighted by Crippen LogP contribution is -2.41. The second kappa shape index (κ2) is 6.07. The fourth-order valence-corrected chi connectivity index (χ4v) is 3.12. The summed E-state index contributed by atoms with van der Waals surface area (Å²) in [5.74, 6) is 0. The molecule has 2 aromatic rings. The minimum absolute atomic E-state index is 0.00545. The third kappa shape index (κ3) is 3.29. The van der Waals surface area contributed by atoms with Crippen LogP contribution in [0.4, 0.5) is 0 Å². The van der Waals surface area contributed by atoms with Crippen molar-refractivity contribution in [2.75, 3.05) is 0 Å². The van der Waals surface area contributed by atoms with Gasteiger partial charge in [-0.05, 0) is 17.7 Å². The number of nitrogens with zero attached hydrogens (tertiary/aromatic N) is 2. The van der Waals surface area contributed by atoms with Gasteiger partial charge in [-0.1, -0.05) is 23.7 Å².